The minimum absolute atomic E-state index is 0.0764. The van der Waals surface area contributed by atoms with E-state index in [1.54, 1.807) is 18.0 Å². The van der Waals surface area contributed by atoms with Crippen LogP contribution in [0.2, 0.25) is 0 Å². The number of nitrogens with zero attached hydrogens (tertiary/aromatic N) is 4. The number of hydrogen-bond donors (Lipinski definition) is 0. The lowest BCUT2D eigenvalue weighted by atomic mass is 10.2. The van der Waals surface area contributed by atoms with Gasteiger partial charge in [-0.1, -0.05) is 19.1 Å². The second kappa shape index (κ2) is 10.5. The average Bonchev–Trinajstić information content (AvgIpc) is 3.05. The van der Waals surface area contributed by atoms with Crippen LogP contribution in [0.4, 0.5) is 13.2 Å². The Labute approximate surface area is 196 Å². The van der Waals surface area contributed by atoms with Crippen LogP contribution < -0.4 is 4.74 Å². The Kier molecular flexibility index (Phi) is 7.86. The van der Waals surface area contributed by atoms with Gasteiger partial charge in [-0.15, -0.1) is 13.2 Å². The Hall–Kier alpha value is -3.08. The van der Waals surface area contributed by atoms with Crippen LogP contribution >= 0.6 is 0 Å². The van der Waals surface area contributed by atoms with E-state index in [1.807, 2.05) is 20.8 Å². The third-order valence-electron chi connectivity index (χ3n) is 5.54. The van der Waals surface area contributed by atoms with Gasteiger partial charge in [-0.25, -0.2) is 0 Å². The topological polar surface area (TPSA) is 76.9 Å². The van der Waals surface area contributed by atoms with Crippen molar-refractivity contribution in [3.8, 4) is 5.75 Å². The van der Waals surface area contributed by atoms with E-state index in [1.165, 1.54) is 33.8 Å². The minimum atomic E-state index is -4.76. The van der Waals surface area contributed by atoms with Gasteiger partial charge in [0.05, 0.1) is 18.4 Å². The smallest absolute Gasteiger partial charge is 0.406 e. The zero-order valence-electron chi connectivity index (χ0n) is 19.6. The van der Waals surface area contributed by atoms with Gasteiger partial charge in [0.25, 0.3) is 5.91 Å². The summed E-state index contributed by atoms with van der Waals surface area (Å²) in [6, 6.07) is 7.02. The number of aromatic nitrogens is 2. The standard InChI is InChI=1S/C23H29F3N4O4/c1-5-17-10-20(28(4)27-17)22(32)29-11-19(12-30(15(2)3)21(31)13-29)33-14-16-6-8-18(9-7-16)34-23(24,25)26/h6-10,15,19H,5,11-14H2,1-4H3/t19-/m0/s1. The molecule has 1 atom stereocenters. The Morgan fingerprint density at radius 3 is 2.44 bits per heavy atom. The monoisotopic (exact) mass is 482 g/mol. The summed E-state index contributed by atoms with van der Waals surface area (Å²) in [5, 5.41) is 4.32. The van der Waals surface area contributed by atoms with Gasteiger partial charge in [-0.3, -0.25) is 14.3 Å². The van der Waals surface area contributed by atoms with Gasteiger partial charge in [0.2, 0.25) is 5.91 Å². The van der Waals surface area contributed by atoms with Gasteiger partial charge in [0, 0.05) is 26.2 Å². The number of alkyl halides is 3. The molecule has 0 bridgehead atoms. The van der Waals surface area contributed by atoms with Gasteiger partial charge in [0.1, 0.15) is 18.0 Å². The maximum atomic E-state index is 13.2. The predicted octanol–water partition coefficient (Wildman–Crippen LogP) is 3.16. The van der Waals surface area contributed by atoms with Crippen molar-refractivity contribution >= 4 is 11.8 Å². The summed E-state index contributed by atoms with van der Waals surface area (Å²) in [6.45, 7) is 6.23. The molecule has 34 heavy (non-hydrogen) atoms. The molecule has 0 spiro atoms. The third-order valence-corrected chi connectivity index (χ3v) is 5.54. The first-order valence-electron chi connectivity index (χ1n) is 11.0. The number of hydrogen-bond acceptors (Lipinski definition) is 5. The molecule has 2 aromatic rings. The second-order valence-corrected chi connectivity index (χ2v) is 8.45. The SMILES string of the molecule is CCc1cc(C(=O)N2CC(=O)N(C(C)C)C[C@@H](OCc3ccc(OC(F)(F)F)cc3)C2)n(C)n1. The molecule has 1 aliphatic rings. The molecule has 11 heteroatoms. The molecular formula is C23H29F3N4O4. The van der Waals surface area contributed by atoms with Gasteiger partial charge in [-0.2, -0.15) is 5.10 Å². The van der Waals surface area contributed by atoms with E-state index in [2.05, 4.69) is 9.84 Å². The summed E-state index contributed by atoms with van der Waals surface area (Å²) in [4.78, 5) is 29.2. The van der Waals surface area contributed by atoms with E-state index in [4.69, 9.17) is 4.74 Å². The van der Waals surface area contributed by atoms with Crippen molar-refractivity contribution in [1.29, 1.82) is 0 Å². The Morgan fingerprint density at radius 2 is 1.88 bits per heavy atom. The fourth-order valence-electron chi connectivity index (χ4n) is 3.77. The number of rotatable bonds is 7. The van der Waals surface area contributed by atoms with Crippen molar-refractivity contribution in [2.24, 2.45) is 7.05 Å². The summed E-state index contributed by atoms with van der Waals surface area (Å²) in [7, 11) is 1.69. The molecule has 1 fully saturated rings. The number of amides is 2. The summed E-state index contributed by atoms with van der Waals surface area (Å²) in [6.07, 6.45) is -4.56. The summed E-state index contributed by atoms with van der Waals surface area (Å²) in [5.41, 5.74) is 1.81. The highest BCUT2D eigenvalue weighted by Crippen LogP contribution is 2.23. The first kappa shape index (κ1) is 25.5. The molecule has 0 N–H and O–H groups in total. The van der Waals surface area contributed by atoms with Crippen molar-refractivity contribution in [3.05, 3.63) is 47.3 Å². The fraction of sp³-hybridized carbons (Fsp3) is 0.522. The summed E-state index contributed by atoms with van der Waals surface area (Å²) in [5.74, 6) is -0.807. The van der Waals surface area contributed by atoms with Crippen LogP contribution in [-0.2, 0) is 29.6 Å². The van der Waals surface area contributed by atoms with Gasteiger partial charge in [-0.05, 0) is 44.0 Å². The number of carbonyl (C=O) groups excluding carboxylic acids is 2. The molecule has 1 aromatic heterocycles. The van der Waals surface area contributed by atoms with E-state index in [0.29, 0.717) is 24.2 Å². The molecule has 8 nitrogen and oxygen atoms in total. The van der Waals surface area contributed by atoms with Crippen molar-refractivity contribution < 1.29 is 32.2 Å². The molecule has 3 rings (SSSR count). The van der Waals surface area contributed by atoms with Crippen molar-refractivity contribution in [2.75, 3.05) is 19.6 Å². The zero-order chi connectivity index (χ0) is 25.0. The second-order valence-electron chi connectivity index (χ2n) is 8.45. The maximum Gasteiger partial charge on any atom is 0.573 e. The van der Waals surface area contributed by atoms with E-state index in [0.717, 1.165) is 5.69 Å². The summed E-state index contributed by atoms with van der Waals surface area (Å²) >= 11 is 0. The maximum absolute atomic E-state index is 13.2. The van der Waals surface area contributed by atoms with Crippen molar-refractivity contribution in [1.82, 2.24) is 19.6 Å². The minimum Gasteiger partial charge on any atom is -0.406 e. The van der Waals surface area contributed by atoms with E-state index in [9.17, 15) is 22.8 Å². The number of carbonyl (C=O) groups is 2. The molecule has 0 unspecified atom stereocenters. The Bertz CT molecular complexity index is 1000. The molecule has 1 aliphatic heterocycles. The van der Waals surface area contributed by atoms with Crippen molar-refractivity contribution in [2.45, 2.75) is 52.3 Å². The predicted molar refractivity (Wildman–Crippen MR) is 117 cm³/mol. The first-order valence-corrected chi connectivity index (χ1v) is 11.0. The lowest BCUT2D eigenvalue weighted by molar-refractivity contribution is -0.274. The number of aryl methyl sites for hydroxylation is 2. The lowest BCUT2D eigenvalue weighted by Gasteiger charge is -2.27. The van der Waals surface area contributed by atoms with Crippen LogP contribution in [0.3, 0.4) is 0 Å². The zero-order valence-corrected chi connectivity index (χ0v) is 19.6. The third kappa shape index (κ3) is 6.49. The van der Waals surface area contributed by atoms with E-state index in [-0.39, 0.29) is 43.3 Å². The fourth-order valence-corrected chi connectivity index (χ4v) is 3.77. The molecule has 1 saturated heterocycles. The molecule has 1 aromatic carbocycles. The summed E-state index contributed by atoms with van der Waals surface area (Å²) < 4.78 is 48.5. The van der Waals surface area contributed by atoms with Crippen LogP contribution in [0.25, 0.3) is 0 Å². The first-order chi connectivity index (χ1) is 16.0. The van der Waals surface area contributed by atoms with Crippen LogP contribution in [0.15, 0.2) is 30.3 Å². The lowest BCUT2D eigenvalue weighted by Crippen LogP contribution is -2.42. The molecule has 0 saturated carbocycles. The number of ether oxygens (including phenoxy) is 2. The van der Waals surface area contributed by atoms with Crippen LogP contribution in [0.5, 0.6) is 5.75 Å². The van der Waals surface area contributed by atoms with Crippen LogP contribution in [0.1, 0.15) is 42.5 Å². The Balaban J connectivity index is 1.73. The van der Waals surface area contributed by atoms with Gasteiger partial charge >= 0.3 is 6.36 Å². The normalized spacial score (nSPS) is 17.3. The van der Waals surface area contributed by atoms with Crippen LogP contribution in [-0.4, -0.2) is 69.5 Å². The highest BCUT2D eigenvalue weighted by molar-refractivity contribution is 5.95. The average molecular weight is 483 g/mol. The molecule has 0 aliphatic carbocycles. The van der Waals surface area contributed by atoms with E-state index >= 15 is 0 Å². The molecule has 2 amide bonds. The van der Waals surface area contributed by atoms with E-state index < -0.39 is 12.5 Å². The van der Waals surface area contributed by atoms with Gasteiger partial charge < -0.3 is 19.3 Å². The van der Waals surface area contributed by atoms with Crippen molar-refractivity contribution in [3.63, 3.8) is 0 Å². The number of benzene rings is 1. The van der Waals surface area contributed by atoms with Crippen LogP contribution in [0, 0.1) is 0 Å². The highest BCUT2D eigenvalue weighted by atomic mass is 19.4. The molecule has 0 radical (unpaired) electrons. The molecule has 186 valence electrons. The Morgan fingerprint density at radius 1 is 1.21 bits per heavy atom. The highest BCUT2D eigenvalue weighted by Gasteiger charge is 2.34. The number of halogens is 3. The van der Waals surface area contributed by atoms with Gasteiger partial charge in [0.15, 0.2) is 0 Å². The molecule has 2 heterocycles. The molecular weight excluding hydrogens is 453 g/mol. The largest absolute Gasteiger partial charge is 0.573 e. The quantitative estimate of drug-likeness (QED) is 0.606.